The molecule has 0 spiro atoms. The highest BCUT2D eigenvalue weighted by Crippen LogP contribution is 2.09. The molecule has 1 unspecified atom stereocenters. The van der Waals surface area contributed by atoms with Gasteiger partial charge in [-0.15, -0.1) is 0 Å². The second kappa shape index (κ2) is 6.02. The summed E-state index contributed by atoms with van der Waals surface area (Å²) in [5.41, 5.74) is 0.729. The van der Waals surface area contributed by atoms with E-state index in [0.29, 0.717) is 0 Å². The van der Waals surface area contributed by atoms with Crippen LogP contribution in [0.4, 0.5) is 0 Å². The zero-order valence-electron chi connectivity index (χ0n) is 11.5. The Labute approximate surface area is 113 Å². The van der Waals surface area contributed by atoms with Crippen LogP contribution in [0, 0.1) is 6.92 Å². The summed E-state index contributed by atoms with van der Waals surface area (Å²) in [6.07, 6.45) is 3.56. The molecule has 2 N–H and O–H groups in total. The largest absolute Gasteiger partial charge is 0.364 e. The first-order valence-corrected chi connectivity index (χ1v) is 6.82. The smallest absolute Gasteiger partial charge is 0.257 e. The molecule has 1 saturated heterocycles. The Bertz CT molecular complexity index is 510. The summed E-state index contributed by atoms with van der Waals surface area (Å²) in [6, 6.07) is 1.59. The van der Waals surface area contributed by atoms with Crippen molar-refractivity contribution in [2.24, 2.45) is 0 Å². The first-order valence-electron chi connectivity index (χ1n) is 6.82. The van der Waals surface area contributed by atoms with Crippen LogP contribution in [0.5, 0.6) is 0 Å². The normalized spacial score (nSPS) is 20.2. The lowest BCUT2D eigenvalue weighted by molar-refractivity contribution is 0.0904. The van der Waals surface area contributed by atoms with E-state index in [1.165, 1.54) is 12.3 Å². The summed E-state index contributed by atoms with van der Waals surface area (Å²) in [4.78, 5) is 29.1. The summed E-state index contributed by atoms with van der Waals surface area (Å²) in [6.45, 7) is 6.87. The number of piperidine rings is 1. The Morgan fingerprint density at radius 2 is 2.37 bits per heavy atom. The van der Waals surface area contributed by atoms with Gasteiger partial charge in [-0.2, -0.15) is 0 Å². The number of hydrogen-bond acceptors (Lipinski definition) is 3. The van der Waals surface area contributed by atoms with Gasteiger partial charge in [0.25, 0.3) is 5.91 Å². The Balaban J connectivity index is 2.02. The average molecular weight is 263 g/mol. The summed E-state index contributed by atoms with van der Waals surface area (Å²) in [5, 5.41) is 2.96. The van der Waals surface area contributed by atoms with Crippen LogP contribution in [0.2, 0.25) is 0 Å². The van der Waals surface area contributed by atoms with Crippen LogP contribution >= 0.6 is 0 Å². The van der Waals surface area contributed by atoms with Gasteiger partial charge in [0.2, 0.25) is 0 Å². The number of aromatic amines is 1. The minimum absolute atomic E-state index is 0.141. The molecule has 104 valence electrons. The van der Waals surface area contributed by atoms with Crippen molar-refractivity contribution in [2.45, 2.75) is 32.7 Å². The maximum absolute atomic E-state index is 12.1. The molecule has 5 heteroatoms. The Kier molecular flexibility index (Phi) is 4.37. The minimum Gasteiger partial charge on any atom is -0.364 e. The van der Waals surface area contributed by atoms with E-state index in [1.54, 1.807) is 6.92 Å². The molecule has 2 heterocycles. The molecule has 1 fully saturated rings. The Morgan fingerprint density at radius 3 is 3.05 bits per heavy atom. The van der Waals surface area contributed by atoms with Gasteiger partial charge < -0.3 is 15.2 Å². The van der Waals surface area contributed by atoms with Crippen LogP contribution in [0.15, 0.2) is 17.1 Å². The second-order valence-electron chi connectivity index (χ2n) is 5.10. The monoisotopic (exact) mass is 263 g/mol. The number of carbonyl (C=O) groups excluding carboxylic acids is 1. The van der Waals surface area contributed by atoms with E-state index in [1.807, 2.05) is 0 Å². The van der Waals surface area contributed by atoms with Gasteiger partial charge in [0, 0.05) is 30.5 Å². The number of nitrogens with zero attached hydrogens (tertiary/aromatic N) is 1. The molecule has 1 amide bonds. The van der Waals surface area contributed by atoms with Gasteiger partial charge in [0.15, 0.2) is 5.43 Å². The third-order valence-corrected chi connectivity index (χ3v) is 3.59. The number of rotatable bonds is 3. The predicted octanol–water partition coefficient (Wildman–Crippen LogP) is 0.897. The quantitative estimate of drug-likeness (QED) is 0.851. The predicted molar refractivity (Wildman–Crippen MR) is 74.4 cm³/mol. The van der Waals surface area contributed by atoms with E-state index >= 15 is 0 Å². The number of pyridine rings is 1. The molecule has 1 aliphatic rings. The van der Waals surface area contributed by atoms with E-state index < -0.39 is 0 Å². The number of likely N-dealkylation sites (N-methyl/N-ethyl adjacent to an activating group) is 1. The number of aryl methyl sites for hydroxylation is 1. The Hall–Kier alpha value is -1.62. The summed E-state index contributed by atoms with van der Waals surface area (Å²) >= 11 is 0. The van der Waals surface area contributed by atoms with Gasteiger partial charge in [-0.3, -0.25) is 9.59 Å². The molecule has 2 rings (SSSR count). The molecule has 1 aromatic rings. The van der Waals surface area contributed by atoms with Crippen LogP contribution in [-0.2, 0) is 0 Å². The molecule has 1 aliphatic heterocycles. The van der Waals surface area contributed by atoms with Crippen molar-refractivity contribution in [3.8, 4) is 0 Å². The lowest BCUT2D eigenvalue weighted by Gasteiger charge is -2.32. The van der Waals surface area contributed by atoms with Crippen LogP contribution in [0.25, 0.3) is 0 Å². The molecule has 0 saturated carbocycles. The molecular weight excluding hydrogens is 242 g/mol. The van der Waals surface area contributed by atoms with Gasteiger partial charge in [-0.25, -0.2) is 0 Å². The van der Waals surface area contributed by atoms with E-state index in [9.17, 15) is 9.59 Å². The highest BCUT2D eigenvalue weighted by atomic mass is 16.2. The fourth-order valence-corrected chi connectivity index (χ4v) is 2.47. The van der Waals surface area contributed by atoms with Gasteiger partial charge in [0.1, 0.15) is 5.56 Å². The van der Waals surface area contributed by atoms with Gasteiger partial charge in [-0.1, -0.05) is 6.92 Å². The SMILES string of the molecule is CCN1CCCC(NC(=O)c2c[nH]c(C)cc2=O)C1. The second-order valence-corrected chi connectivity index (χ2v) is 5.10. The molecular formula is C14H21N3O2. The lowest BCUT2D eigenvalue weighted by atomic mass is 10.1. The topological polar surface area (TPSA) is 65.2 Å². The highest BCUT2D eigenvalue weighted by molar-refractivity contribution is 5.94. The zero-order chi connectivity index (χ0) is 13.8. The third-order valence-electron chi connectivity index (χ3n) is 3.59. The van der Waals surface area contributed by atoms with E-state index in [4.69, 9.17) is 0 Å². The molecule has 1 atom stereocenters. The van der Waals surface area contributed by atoms with E-state index in [0.717, 1.165) is 38.2 Å². The van der Waals surface area contributed by atoms with E-state index in [2.05, 4.69) is 22.1 Å². The molecule has 0 radical (unpaired) electrons. The average Bonchev–Trinajstić information content (AvgIpc) is 2.38. The first kappa shape index (κ1) is 13.8. The minimum atomic E-state index is -0.274. The standard InChI is InChI=1S/C14H21N3O2/c1-3-17-6-4-5-11(9-17)16-14(19)12-8-15-10(2)7-13(12)18/h7-8,11H,3-6,9H2,1-2H3,(H,15,18)(H,16,19). The molecule has 1 aromatic heterocycles. The lowest BCUT2D eigenvalue weighted by Crippen LogP contribution is -2.48. The van der Waals surface area contributed by atoms with Gasteiger partial charge in [0.05, 0.1) is 0 Å². The van der Waals surface area contributed by atoms with Gasteiger partial charge in [-0.05, 0) is 32.9 Å². The van der Waals surface area contributed by atoms with Crippen LogP contribution in [0.1, 0.15) is 35.8 Å². The summed E-state index contributed by atoms with van der Waals surface area (Å²) < 4.78 is 0. The number of H-pyrrole nitrogens is 1. The fourth-order valence-electron chi connectivity index (χ4n) is 2.47. The zero-order valence-corrected chi connectivity index (χ0v) is 11.5. The highest BCUT2D eigenvalue weighted by Gasteiger charge is 2.21. The van der Waals surface area contributed by atoms with Crippen molar-refractivity contribution >= 4 is 5.91 Å². The molecule has 0 bridgehead atoms. The van der Waals surface area contributed by atoms with Crippen molar-refractivity contribution < 1.29 is 4.79 Å². The summed E-state index contributed by atoms with van der Waals surface area (Å²) in [5.74, 6) is -0.274. The number of amides is 1. The van der Waals surface area contributed by atoms with Crippen molar-refractivity contribution in [1.29, 1.82) is 0 Å². The maximum atomic E-state index is 12.1. The Morgan fingerprint density at radius 1 is 1.58 bits per heavy atom. The van der Waals surface area contributed by atoms with Crippen molar-refractivity contribution in [1.82, 2.24) is 15.2 Å². The fraction of sp³-hybridized carbons (Fsp3) is 0.571. The number of aromatic nitrogens is 1. The van der Waals surface area contributed by atoms with Crippen LogP contribution in [-0.4, -0.2) is 41.5 Å². The number of hydrogen-bond donors (Lipinski definition) is 2. The number of carbonyl (C=O) groups is 1. The number of nitrogens with one attached hydrogen (secondary N) is 2. The number of likely N-dealkylation sites (tertiary alicyclic amines) is 1. The molecule has 19 heavy (non-hydrogen) atoms. The van der Waals surface area contributed by atoms with Crippen LogP contribution in [0.3, 0.4) is 0 Å². The first-order chi connectivity index (χ1) is 9.10. The molecule has 5 nitrogen and oxygen atoms in total. The van der Waals surface area contributed by atoms with Crippen molar-refractivity contribution in [3.05, 3.63) is 33.7 Å². The van der Waals surface area contributed by atoms with Gasteiger partial charge >= 0.3 is 0 Å². The maximum Gasteiger partial charge on any atom is 0.257 e. The molecule has 0 aromatic carbocycles. The van der Waals surface area contributed by atoms with Crippen molar-refractivity contribution in [3.63, 3.8) is 0 Å². The van der Waals surface area contributed by atoms with Crippen molar-refractivity contribution in [2.75, 3.05) is 19.6 Å². The molecule has 0 aliphatic carbocycles. The third kappa shape index (κ3) is 3.44. The van der Waals surface area contributed by atoms with E-state index in [-0.39, 0.29) is 22.9 Å². The van der Waals surface area contributed by atoms with Crippen LogP contribution < -0.4 is 10.7 Å². The summed E-state index contributed by atoms with van der Waals surface area (Å²) in [7, 11) is 0.